The Labute approximate surface area is 240 Å². The van der Waals surface area contributed by atoms with Crippen LogP contribution < -0.4 is 10.9 Å². The predicted molar refractivity (Wildman–Crippen MR) is 157 cm³/mol. The summed E-state index contributed by atoms with van der Waals surface area (Å²) >= 11 is 0. The molecule has 0 saturated heterocycles. The van der Waals surface area contributed by atoms with Gasteiger partial charge in [0.2, 0.25) is 0 Å². The second-order valence-electron chi connectivity index (χ2n) is 11.1. The molecule has 0 saturated carbocycles. The lowest BCUT2D eigenvalue weighted by Crippen LogP contribution is -2.34. The minimum Gasteiger partial charge on any atom is -0.478 e. The quantitative estimate of drug-likeness (QED) is 0.270. The number of aliphatic hydroxyl groups is 2. The number of likely N-dealkylation sites (N-methyl/N-ethyl adjacent to an activating group) is 1. The second kappa shape index (κ2) is 10.8. The first-order valence-electron chi connectivity index (χ1n) is 13.1. The maximum Gasteiger partial charge on any atom is 0.337 e. The van der Waals surface area contributed by atoms with Crippen LogP contribution in [0.2, 0.25) is 0 Å². The molecular weight excluding hydrogens is 541 g/mol. The summed E-state index contributed by atoms with van der Waals surface area (Å²) in [5.41, 5.74) is 1.92. The molecule has 4 aromatic rings. The number of halogens is 1. The lowest BCUT2D eigenvalue weighted by atomic mass is 9.86. The van der Waals surface area contributed by atoms with Crippen LogP contribution in [-0.2, 0) is 12.0 Å². The Balaban J connectivity index is 1.58. The van der Waals surface area contributed by atoms with Crippen LogP contribution in [0.25, 0.3) is 22.0 Å². The van der Waals surface area contributed by atoms with E-state index < -0.39 is 30.2 Å². The van der Waals surface area contributed by atoms with Crippen LogP contribution in [0.15, 0.2) is 77.6 Å². The van der Waals surface area contributed by atoms with Gasteiger partial charge in [-0.2, -0.15) is 9.78 Å². The van der Waals surface area contributed by atoms with Crippen LogP contribution in [0.5, 0.6) is 0 Å². The zero-order chi connectivity index (χ0) is 30.3. The van der Waals surface area contributed by atoms with Gasteiger partial charge < -0.3 is 25.5 Å². The lowest BCUT2D eigenvalue weighted by Gasteiger charge is -2.30. The molecule has 42 heavy (non-hydrogen) atoms. The fourth-order valence-corrected chi connectivity index (χ4v) is 4.83. The molecule has 10 nitrogen and oxygen atoms in total. The molecule has 1 aliphatic heterocycles. The molecule has 0 spiro atoms. The number of benzene rings is 2. The van der Waals surface area contributed by atoms with E-state index in [4.69, 9.17) is 5.11 Å². The molecule has 3 heterocycles. The number of nitrogens with one attached hydrogen (secondary N) is 1. The zero-order valence-corrected chi connectivity index (χ0v) is 23.5. The van der Waals surface area contributed by atoms with Gasteiger partial charge in [-0.25, -0.2) is 14.2 Å². The van der Waals surface area contributed by atoms with Gasteiger partial charge in [0.15, 0.2) is 6.23 Å². The Bertz CT molecular complexity index is 1820. The van der Waals surface area contributed by atoms with Gasteiger partial charge in [0.1, 0.15) is 11.6 Å². The third-order valence-corrected chi connectivity index (χ3v) is 7.15. The third kappa shape index (κ3) is 5.27. The monoisotopic (exact) mass is 571 g/mol. The van der Waals surface area contributed by atoms with Crippen molar-refractivity contribution in [2.45, 2.75) is 39.0 Å². The molecule has 0 fully saturated rings. The van der Waals surface area contributed by atoms with Crippen LogP contribution >= 0.6 is 0 Å². The number of hydrogen-bond acceptors (Lipinski definition) is 8. The van der Waals surface area contributed by atoms with Crippen LogP contribution in [-0.4, -0.2) is 54.2 Å². The molecule has 0 amide bonds. The number of allylic oxidation sites excluding steroid dienone is 2. The van der Waals surface area contributed by atoms with Crippen molar-refractivity contribution in [1.29, 1.82) is 0 Å². The molecular formula is C31H30FN5O5. The van der Waals surface area contributed by atoms with Gasteiger partial charge in [0.05, 0.1) is 35.1 Å². The Morgan fingerprint density at radius 2 is 1.90 bits per heavy atom. The van der Waals surface area contributed by atoms with E-state index in [-0.39, 0.29) is 22.1 Å². The molecule has 1 atom stereocenters. The largest absolute Gasteiger partial charge is 0.478 e. The van der Waals surface area contributed by atoms with Crippen molar-refractivity contribution in [3.8, 4) is 5.69 Å². The SMILES string of the molecule is CN1C=C(c2cccc(-n3ncc4cc(C(C)(C)C)cc(F)c4c3=O)c2CO)C=C(Nc2ccc(C(=O)O)cn2)[C@H]1O. The molecule has 216 valence electrons. The third-order valence-electron chi connectivity index (χ3n) is 7.15. The number of aromatic carboxylic acids is 1. The highest BCUT2D eigenvalue weighted by Crippen LogP contribution is 2.32. The van der Waals surface area contributed by atoms with E-state index >= 15 is 4.39 Å². The van der Waals surface area contributed by atoms with E-state index in [0.717, 1.165) is 10.2 Å². The van der Waals surface area contributed by atoms with E-state index in [1.165, 1.54) is 30.6 Å². The van der Waals surface area contributed by atoms with Gasteiger partial charge >= 0.3 is 5.97 Å². The average Bonchev–Trinajstić information content (AvgIpc) is 2.94. The summed E-state index contributed by atoms with van der Waals surface area (Å²) < 4.78 is 16.4. The lowest BCUT2D eigenvalue weighted by molar-refractivity contribution is 0.0696. The van der Waals surface area contributed by atoms with Crippen molar-refractivity contribution in [3.63, 3.8) is 0 Å². The molecule has 0 bridgehead atoms. The smallest absolute Gasteiger partial charge is 0.337 e. The van der Waals surface area contributed by atoms with Gasteiger partial charge in [0.25, 0.3) is 5.56 Å². The highest BCUT2D eigenvalue weighted by atomic mass is 19.1. The van der Waals surface area contributed by atoms with E-state index in [2.05, 4.69) is 15.4 Å². The van der Waals surface area contributed by atoms with Crippen molar-refractivity contribution < 1.29 is 24.5 Å². The van der Waals surface area contributed by atoms with Gasteiger partial charge in [-0.1, -0.05) is 32.9 Å². The molecule has 2 aromatic carbocycles. The summed E-state index contributed by atoms with van der Waals surface area (Å²) in [5, 5.41) is 38.0. The van der Waals surface area contributed by atoms with E-state index in [1.54, 1.807) is 48.5 Å². The zero-order valence-electron chi connectivity index (χ0n) is 23.5. The molecule has 2 aromatic heterocycles. The number of carboxylic acid groups (broad SMARTS) is 1. The standard InChI is InChI=1S/C31H30FN5O5/c1-31(2,3)20-10-18-14-34-37(29(40)27(18)23(32)12-20)25-7-5-6-21(22(25)16-38)19-11-24(28(39)36(4)15-19)35-26-9-8-17(13-33-26)30(41)42/h5-15,28,38-39H,16H2,1-4H3,(H,33,35)(H,41,42)/t28-/m1/s1. The Kier molecular flexibility index (Phi) is 7.40. The van der Waals surface area contributed by atoms with Crippen LogP contribution in [0.1, 0.15) is 47.8 Å². The maximum absolute atomic E-state index is 15.3. The normalized spacial score (nSPS) is 15.4. The Hall–Kier alpha value is -4.87. The predicted octanol–water partition coefficient (Wildman–Crippen LogP) is 4.01. The van der Waals surface area contributed by atoms with Crippen molar-refractivity contribution in [2.24, 2.45) is 0 Å². The number of fused-ring (bicyclic) bond motifs is 1. The maximum atomic E-state index is 15.3. The molecule has 5 rings (SSSR count). The Morgan fingerprint density at radius 1 is 1.14 bits per heavy atom. The number of hydrogen-bond donors (Lipinski definition) is 4. The number of aliphatic hydroxyl groups excluding tert-OH is 2. The number of carbonyl (C=O) groups is 1. The topological polar surface area (TPSA) is 141 Å². The average molecular weight is 572 g/mol. The van der Waals surface area contributed by atoms with Crippen LogP contribution in [0.4, 0.5) is 10.2 Å². The Morgan fingerprint density at radius 3 is 2.55 bits per heavy atom. The summed E-state index contributed by atoms with van der Waals surface area (Å²) in [6.07, 6.45) is 4.92. The number of pyridine rings is 1. The van der Waals surface area contributed by atoms with E-state index in [1.807, 2.05) is 20.8 Å². The summed E-state index contributed by atoms with van der Waals surface area (Å²) in [4.78, 5) is 30.3. The van der Waals surface area contributed by atoms with E-state index in [0.29, 0.717) is 33.6 Å². The highest BCUT2D eigenvalue weighted by Gasteiger charge is 2.24. The first kappa shape index (κ1) is 28.7. The molecule has 1 aliphatic rings. The molecule has 0 unspecified atom stereocenters. The number of carboxylic acids is 1. The van der Waals surface area contributed by atoms with Gasteiger partial charge in [-0.15, -0.1) is 0 Å². The molecule has 0 aliphatic carbocycles. The first-order valence-corrected chi connectivity index (χ1v) is 13.1. The van der Waals surface area contributed by atoms with Gasteiger partial charge in [-0.3, -0.25) is 4.79 Å². The minimum atomic E-state index is -1.11. The fraction of sp³-hybridized carbons (Fsp3) is 0.226. The summed E-state index contributed by atoms with van der Waals surface area (Å²) in [7, 11) is 1.66. The molecule has 11 heteroatoms. The number of nitrogens with zero attached hydrogens (tertiary/aromatic N) is 4. The minimum absolute atomic E-state index is 0.0212. The summed E-state index contributed by atoms with van der Waals surface area (Å²) in [5.74, 6) is -1.43. The summed E-state index contributed by atoms with van der Waals surface area (Å²) in [6, 6.07) is 11.1. The highest BCUT2D eigenvalue weighted by molar-refractivity contribution is 5.87. The van der Waals surface area contributed by atoms with Crippen LogP contribution in [0, 0.1) is 5.82 Å². The van der Waals surface area contributed by atoms with Gasteiger partial charge in [0, 0.05) is 30.4 Å². The number of rotatable bonds is 6. The van der Waals surface area contributed by atoms with Crippen molar-refractivity contribution in [1.82, 2.24) is 19.7 Å². The first-order chi connectivity index (χ1) is 19.9. The second-order valence-corrected chi connectivity index (χ2v) is 11.1. The van der Waals surface area contributed by atoms with E-state index in [9.17, 15) is 19.8 Å². The molecule has 4 N–H and O–H groups in total. The van der Waals surface area contributed by atoms with Crippen molar-refractivity contribution >= 4 is 28.1 Å². The van der Waals surface area contributed by atoms with Gasteiger partial charge in [-0.05, 0) is 58.5 Å². The van der Waals surface area contributed by atoms with Crippen LogP contribution in [0.3, 0.4) is 0 Å². The summed E-state index contributed by atoms with van der Waals surface area (Å²) in [6.45, 7) is 5.41. The van der Waals surface area contributed by atoms with Crippen molar-refractivity contribution in [2.75, 3.05) is 12.4 Å². The number of anilines is 1. The fourth-order valence-electron chi connectivity index (χ4n) is 4.83. The molecule has 0 radical (unpaired) electrons. The number of aromatic nitrogens is 3. The van der Waals surface area contributed by atoms with Crippen molar-refractivity contribution in [3.05, 3.63) is 111 Å².